The standard InChI is InChI=1S/C14H23FIN/c1-4-6-7-9-14(3,8-5-2)13-11(16)10-12(15)17-13/h10,17H,4-9H2,1-3H3. The number of halogens is 2. The fourth-order valence-electron chi connectivity index (χ4n) is 2.53. The van der Waals surface area contributed by atoms with Gasteiger partial charge in [-0.2, -0.15) is 4.39 Å². The van der Waals surface area contributed by atoms with Crippen LogP contribution in [-0.4, -0.2) is 4.98 Å². The zero-order valence-electron chi connectivity index (χ0n) is 11.1. The molecular weight excluding hydrogens is 328 g/mol. The Morgan fingerprint density at radius 2 is 1.94 bits per heavy atom. The van der Waals surface area contributed by atoms with E-state index in [4.69, 9.17) is 0 Å². The summed E-state index contributed by atoms with van der Waals surface area (Å²) in [5.41, 5.74) is 1.19. The minimum atomic E-state index is -0.206. The van der Waals surface area contributed by atoms with Crippen LogP contribution in [0.5, 0.6) is 0 Å². The van der Waals surface area contributed by atoms with Crippen molar-refractivity contribution in [1.29, 1.82) is 0 Å². The van der Waals surface area contributed by atoms with E-state index in [1.54, 1.807) is 6.07 Å². The first-order chi connectivity index (χ1) is 8.03. The second-order valence-electron chi connectivity index (χ2n) is 5.11. The van der Waals surface area contributed by atoms with Gasteiger partial charge in [-0.15, -0.1) is 0 Å². The van der Waals surface area contributed by atoms with Crippen LogP contribution in [0.15, 0.2) is 6.07 Å². The van der Waals surface area contributed by atoms with E-state index in [1.807, 2.05) is 0 Å². The van der Waals surface area contributed by atoms with E-state index >= 15 is 0 Å². The minimum Gasteiger partial charge on any atom is -0.334 e. The highest BCUT2D eigenvalue weighted by Gasteiger charge is 2.29. The van der Waals surface area contributed by atoms with E-state index in [-0.39, 0.29) is 11.4 Å². The van der Waals surface area contributed by atoms with Crippen LogP contribution in [0, 0.1) is 9.52 Å². The van der Waals surface area contributed by atoms with E-state index in [9.17, 15) is 4.39 Å². The zero-order chi connectivity index (χ0) is 12.9. The molecule has 1 rings (SSSR count). The molecule has 1 unspecified atom stereocenters. The van der Waals surface area contributed by atoms with Gasteiger partial charge in [0.1, 0.15) is 0 Å². The van der Waals surface area contributed by atoms with Crippen molar-refractivity contribution in [2.24, 2.45) is 0 Å². The molecule has 0 fully saturated rings. The number of aromatic nitrogens is 1. The zero-order valence-corrected chi connectivity index (χ0v) is 13.2. The number of unbranched alkanes of at least 4 members (excludes halogenated alkanes) is 2. The Bertz CT molecular complexity index is 348. The Morgan fingerprint density at radius 3 is 2.41 bits per heavy atom. The van der Waals surface area contributed by atoms with Crippen LogP contribution in [0.4, 0.5) is 4.39 Å². The monoisotopic (exact) mass is 351 g/mol. The number of hydrogen-bond donors (Lipinski definition) is 1. The highest BCUT2D eigenvalue weighted by molar-refractivity contribution is 14.1. The van der Waals surface area contributed by atoms with Crippen LogP contribution in [0.1, 0.15) is 65.0 Å². The van der Waals surface area contributed by atoms with E-state index in [0.717, 1.165) is 28.5 Å². The van der Waals surface area contributed by atoms with Crippen molar-refractivity contribution >= 4 is 22.6 Å². The van der Waals surface area contributed by atoms with Gasteiger partial charge in [-0.05, 0) is 35.4 Å². The molecule has 0 amide bonds. The minimum absolute atomic E-state index is 0.102. The Labute approximate surface area is 118 Å². The third-order valence-corrected chi connectivity index (χ3v) is 4.32. The Balaban J connectivity index is 2.86. The first kappa shape index (κ1) is 15.0. The van der Waals surface area contributed by atoms with Crippen molar-refractivity contribution in [3.05, 3.63) is 21.3 Å². The Morgan fingerprint density at radius 1 is 1.24 bits per heavy atom. The molecular formula is C14H23FIN. The summed E-state index contributed by atoms with van der Waals surface area (Å²) < 4.78 is 14.3. The lowest BCUT2D eigenvalue weighted by molar-refractivity contribution is 0.366. The molecule has 0 aromatic carbocycles. The topological polar surface area (TPSA) is 15.8 Å². The molecule has 1 aromatic heterocycles. The molecule has 3 heteroatoms. The molecule has 1 heterocycles. The third kappa shape index (κ3) is 3.97. The molecule has 1 N–H and O–H groups in total. The molecule has 1 nitrogen and oxygen atoms in total. The predicted octanol–water partition coefficient (Wildman–Crippen LogP) is 5.40. The molecule has 1 atom stereocenters. The van der Waals surface area contributed by atoms with Gasteiger partial charge in [0.2, 0.25) is 0 Å². The van der Waals surface area contributed by atoms with E-state index in [1.165, 1.54) is 19.3 Å². The van der Waals surface area contributed by atoms with Gasteiger partial charge >= 0.3 is 0 Å². The average Bonchev–Trinajstić information content (AvgIpc) is 2.59. The number of aromatic amines is 1. The Hall–Kier alpha value is -0.0600. The van der Waals surface area contributed by atoms with Crippen molar-refractivity contribution in [3.63, 3.8) is 0 Å². The van der Waals surface area contributed by atoms with Crippen LogP contribution >= 0.6 is 22.6 Å². The maximum absolute atomic E-state index is 13.3. The molecule has 0 aliphatic heterocycles. The highest BCUT2D eigenvalue weighted by Crippen LogP contribution is 2.36. The first-order valence-corrected chi connectivity index (χ1v) is 7.66. The molecule has 0 aliphatic rings. The number of rotatable bonds is 7. The van der Waals surface area contributed by atoms with Crippen molar-refractivity contribution < 1.29 is 4.39 Å². The van der Waals surface area contributed by atoms with Gasteiger partial charge in [-0.1, -0.05) is 46.5 Å². The molecule has 17 heavy (non-hydrogen) atoms. The van der Waals surface area contributed by atoms with Crippen molar-refractivity contribution in [2.75, 3.05) is 0 Å². The lowest BCUT2D eigenvalue weighted by Gasteiger charge is -2.29. The summed E-state index contributed by atoms with van der Waals surface area (Å²) in [7, 11) is 0. The van der Waals surface area contributed by atoms with Crippen LogP contribution in [0.3, 0.4) is 0 Å². The lowest BCUT2D eigenvalue weighted by atomic mass is 9.78. The maximum Gasteiger partial charge on any atom is 0.192 e. The van der Waals surface area contributed by atoms with Gasteiger partial charge in [0.05, 0.1) is 0 Å². The summed E-state index contributed by atoms with van der Waals surface area (Å²) in [5, 5.41) is 0. The van der Waals surface area contributed by atoms with Crippen molar-refractivity contribution in [1.82, 2.24) is 4.98 Å². The van der Waals surface area contributed by atoms with Crippen molar-refractivity contribution in [2.45, 2.75) is 64.7 Å². The van der Waals surface area contributed by atoms with Gasteiger partial charge in [0.25, 0.3) is 0 Å². The first-order valence-electron chi connectivity index (χ1n) is 6.58. The molecule has 0 spiro atoms. The Kier molecular flexibility index (Phi) is 5.97. The van der Waals surface area contributed by atoms with Gasteiger partial charge < -0.3 is 4.98 Å². The summed E-state index contributed by atoms with van der Waals surface area (Å²) >= 11 is 2.24. The molecule has 0 saturated heterocycles. The second kappa shape index (κ2) is 6.76. The smallest absolute Gasteiger partial charge is 0.192 e. The van der Waals surface area contributed by atoms with Gasteiger partial charge in [-0.3, -0.25) is 0 Å². The second-order valence-corrected chi connectivity index (χ2v) is 6.27. The molecule has 0 saturated carbocycles. The predicted molar refractivity (Wildman–Crippen MR) is 79.9 cm³/mol. The van der Waals surface area contributed by atoms with Gasteiger partial charge in [0.15, 0.2) is 5.95 Å². The third-order valence-electron chi connectivity index (χ3n) is 3.47. The quantitative estimate of drug-likeness (QED) is 0.500. The van der Waals surface area contributed by atoms with Crippen molar-refractivity contribution in [3.8, 4) is 0 Å². The fourth-order valence-corrected chi connectivity index (χ4v) is 3.59. The summed E-state index contributed by atoms with van der Waals surface area (Å²) in [5.74, 6) is -0.206. The maximum atomic E-state index is 13.3. The van der Waals surface area contributed by atoms with Crippen LogP contribution < -0.4 is 0 Å². The normalized spacial score (nSPS) is 14.9. The fraction of sp³-hybridized carbons (Fsp3) is 0.714. The van der Waals surface area contributed by atoms with E-state index < -0.39 is 0 Å². The molecule has 0 radical (unpaired) electrons. The molecule has 0 aliphatic carbocycles. The molecule has 98 valence electrons. The SMILES string of the molecule is CCCCCC(C)(CCC)c1[nH]c(F)cc1I. The van der Waals surface area contributed by atoms with Gasteiger partial charge in [0, 0.05) is 20.7 Å². The highest BCUT2D eigenvalue weighted by atomic mass is 127. The number of H-pyrrole nitrogens is 1. The van der Waals surface area contributed by atoms with Crippen LogP contribution in [0.2, 0.25) is 0 Å². The average molecular weight is 351 g/mol. The lowest BCUT2D eigenvalue weighted by Crippen LogP contribution is -2.23. The number of hydrogen-bond acceptors (Lipinski definition) is 0. The summed E-state index contributed by atoms with van der Waals surface area (Å²) in [6.45, 7) is 6.68. The van der Waals surface area contributed by atoms with Gasteiger partial charge in [-0.25, -0.2) is 0 Å². The summed E-state index contributed by atoms with van der Waals surface area (Å²) in [6.07, 6.45) is 7.12. The van der Waals surface area contributed by atoms with E-state index in [2.05, 4.69) is 48.3 Å². The summed E-state index contributed by atoms with van der Waals surface area (Å²) in [4.78, 5) is 2.92. The molecule has 1 aromatic rings. The van der Waals surface area contributed by atoms with Crippen LogP contribution in [0.25, 0.3) is 0 Å². The number of nitrogens with one attached hydrogen (secondary N) is 1. The molecule has 0 bridgehead atoms. The largest absolute Gasteiger partial charge is 0.334 e. The van der Waals surface area contributed by atoms with Crippen LogP contribution in [-0.2, 0) is 5.41 Å². The summed E-state index contributed by atoms with van der Waals surface area (Å²) in [6, 6.07) is 1.60. The van der Waals surface area contributed by atoms with E-state index in [0.29, 0.717) is 0 Å².